The molecule has 0 saturated carbocycles. The molecule has 0 aromatic rings. The quantitative estimate of drug-likeness (QED) is 0.354. The van der Waals surface area contributed by atoms with Gasteiger partial charge in [-0.15, -0.1) is 0 Å². The molecule has 64 valence electrons. The Balaban J connectivity index is 3.94. The molecule has 0 atom stereocenters. The molecule has 4 heteroatoms. The molecule has 0 saturated heterocycles. The fourth-order valence-electron chi connectivity index (χ4n) is 0.630. The second-order valence-corrected chi connectivity index (χ2v) is 3.03. The van der Waals surface area contributed by atoms with Gasteiger partial charge in [0.2, 0.25) is 0 Å². The average Bonchev–Trinajstić information content (AvgIpc) is 1.84. The van der Waals surface area contributed by atoms with Crippen LogP contribution in [0, 0.1) is 0 Å². The Morgan fingerprint density at radius 1 is 1.36 bits per heavy atom. The summed E-state index contributed by atoms with van der Waals surface area (Å²) in [5, 5.41) is 3.09. The lowest BCUT2D eigenvalue weighted by Crippen LogP contribution is -2.32. The van der Waals surface area contributed by atoms with Crippen LogP contribution in [0.2, 0.25) is 0 Å². The lowest BCUT2D eigenvalue weighted by molar-refractivity contribution is 0.532. The predicted octanol–water partition coefficient (Wildman–Crippen LogP) is 0.313. The van der Waals surface area contributed by atoms with Crippen molar-refractivity contribution in [3.05, 3.63) is 0 Å². The van der Waals surface area contributed by atoms with Gasteiger partial charge in [0, 0.05) is 12.1 Å². The third-order valence-electron chi connectivity index (χ3n) is 0.981. The minimum atomic E-state index is 0.274. The van der Waals surface area contributed by atoms with Gasteiger partial charge in [-0.1, -0.05) is 0 Å². The minimum absolute atomic E-state index is 0.274. The first kappa shape index (κ1) is 10.3. The third kappa shape index (κ3) is 5.76. The first-order valence-electron chi connectivity index (χ1n) is 3.94. The first-order valence-corrected chi connectivity index (χ1v) is 3.94. The maximum Gasteiger partial charge on any atom is 0.326 e. The average molecular weight is 156 g/mol. The fraction of sp³-hybridized carbons (Fsp3) is 0.857. The Morgan fingerprint density at radius 2 is 1.91 bits per heavy atom. The second-order valence-electron chi connectivity index (χ2n) is 3.03. The zero-order chi connectivity index (χ0) is 8.85. The van der Waals surface area contributed by atoms with Crippen LogP contribution < -0.4 is 5.32 Å². The molecule has 0 heterocycles. The van der Waals surface area contributed by atoms with Crippen molar-refractivity contribution in [1.29, 1.82) is 0 Å². The molecule has 0 unspecified atom stereocenters. The molecule has 0 aromatic carbocycles. The molecule has 0 amide bonds. The highest BCUT2D eigenvalue weighted by Crippen LogP contribution is 1.88. The van der Waals surface area contributed by atoms with Crippen LogP contribution in [0.5, 0.6) is 0 Å². The molecule has 0 aliphatic heterocycles. The second kappa shape index (κ2) is 5.05. The van der Waals surface area contributed by atoms with Gasteiger partial charge >= 0.3 is 8.05 Å². The van der Waals surface area contributed by atoms with Crippen molar-refractivity contribution >= 4 is 14.1 Å². The summed E-state index contributed by atoms with van der Waals surface area (Å²) in [5.41, 5.74) is 0. The molecule has 3 nitrogen and oxygen atoms in total. The molecule has 1 N–H and O–H groups in total. The maximum atomic E-state index is 5.01. The smallest absolute Gasteiger partial charge is 0.326 e. The number of nitrogens with zero attached hydrogens (tertiary/aromatic N) is 1. The first-order chi connectivity index (χ1) is 5.06. The van der Waals surface area contributed by atoms with E-state index in [2.05, 4.69) is 24.2 Å². The highest BCUT2D eigenvalue weighted by molar-refractivity contribution is 6.06. The summed E-state index contributed by atoms with van der Waals surface area (Å²) < 4.78 is 5.01. The van der Waals surface area contributed by atoms with Gasteiger partial charge in [-0.2, -0.15) is 0 Å². The number of aliphatic imine (C=N–C) groups is 1. The number of hydrogen-bond donors (Lipinski definition) is 1. The van der Waals surface area contributed by atoms with E-state index in [1.54, 1.807) is 8.05 Å². The topological polar surface area (TPSA) is 33.6 Å². The Kier molecular flexibility index (Phi) is 4.74. The summed E-state index contributed by atoms with van der Waals surface area (Å²) in [6, 6.07) is 1.26. The number of hydrogen-bond acceptors (Lipinski definition) is 2. The van der Waals surface area contributed by atoms with Crippen LogP contribution in [-0.4, -0.2) is 26.2 Å². The molecular formula is C7H17BN2O. The third-order valence-corrected chi connectivity index (χ3v) is 0.981. The van der Waals surface area contributed by atoms with Crippen molar-refractivity contribution < 1.29 is 4.65 Å². The number of nitrogens with one attached hydrogen (secondary N) is 1. The van der Waals surface area contributed by atoms with E-state index in [1.807, 2.05) is 13.8 Å². The number of rotatable bonds is 2. The summed E-state index contributed by atoms with van der Waals surface area (Å²) in [6.45, 7) is 8.13. The van der Waals surface area contributed by atoms with Crippen molar-refractivity contribution in [2.75, 3.05) is 0 Å². The lowest BCUT2D eigenvalue weighted by Gasteiger charge is -2.12. The standard InChI is InChI=1S/C7H17BN2O/c1-5(2)9-7(11-8)10-6(3)4/h5-6H,8H2,1-4H3,(H,9,10). The summed E-state index contributed by atoms with van der Waals surface area (Å²) in [5.74, 6) is 0. The molecule has 11 heavy (non-hydrogen) atoms. The summed E-state index contributed by atoms with van der Waals surface area (Å²) in [6.07, 6.45) is 0. The summed E-state index contributed by atoms with van der Waals surface area (Å²) in [4.78, 5) is 4.22. The Bertz CT molecular complexity index is 134. The minimum Gasteiger partial charge on any atom is -0.543 e. The normalized spacial score (nSPS) is 12.4. The molecular weight excluding hydrogens is 139 g/mol. The predicted molar refractivity (Wildman–Crippen MR) is 50.5 cm³/mol. The van der Waals surface area contributed by atoms with E-state index in [4.69, 9.17) is 4.65 Å². The molecule has 0 rings (SSSR count). The van der Waals surface area contributed by atoms with E-state index in [9.17, 15) is 0 Å². The highest BCUT2D eigenvalue weighted by Gasteiger charge is 1.99. The van der Waals surface area contributed by atoms with Crippen molar-refractivity contribution in [1.82, 2.24) is 5.32 Å². The van der Waals surface area contributed by atoms with Crippen molar-refractivity contribution in [2.24, 2.45) is 4.99 Å². The van der Waals surface area contributed by atoms with Gasteiger partial charge < -0.3 is 9.97 Å². The van der Waals surface area contributed by atoms with Crippen LogP contribution in [0.25, 0.3) is 0 Å². The Labute approximate surface area is 69.7 Å². The Hall–Kier alpha value is -0.665. The van der Waals surface area contributed by atoms with Crippen LogP contribution in [0.15, 0.2) is 4.99 Å². The van der Waals surface area contributed by atoms with Crippen LogP contribution in [0.3, 0.4) is 0 Å². The molecule has 0 aromatic heterocycles. The van der Waals surface area contributed by atoms with Gasteiger partial charge in [-0.05, 0) is 27.7 Å². The van der Waals surface area contributed by atoms with E-state index in [-0.39, 0.29) is 6.04 Å². The highest BCUT2D eigenvalue weighted by atomic mass is 16.4. The zero-order valence-corrected chi connectivity index (χ0v) is 8.01. The van der Waals surface area contributed by atoms with Gasteiger partial charge in [0.1, 0.15) is 0 Å². The molecule has 0 aliphatic carbocycles. The van der Waals surface area contributed by atoms with Crippen LogP contribution in [0.4, 0.5) is 0 Å². The lowest BCUT2D eigenvalue weighted by atomic mass is 10.4. The van der Waals surface area contributed by atoms with Gasteiger partial charge in [-0.25, -0.2) is 4.99 Å². The van der Waals surface area contributed by atoms with E-state index in [0.717, 1.165) is 0 Å². The van der Waals surface area contributed by atoms with Gasteiger partial charge in [0.25, 0.3) is 6.02 Å². The van der Waals surface area contributed by atoms with Gasteiger partial charge in [-0.3, -0.25) is 0 Å². The van der Waals surface area contributed by atoms with Crippen LogP contribution in [-0.2, 0) is 4.65 Å². The van der Waals surface area contributed by atoms with E-state index >= 15 is 0 Å². The molecule has 0 spiro atoms. The maximum absolute atomic E-state index is 5.01. The van der Waals surface area contributed by atoms with Gasteiger partial charge in [0.05, 0.1) is 0 Å². The van der Waals surface area contributed by atoms with Crippen LogP contribution in [0.1, 0.15) is 27.7 Å². The SMILES string of the molecule is BO/C(=N\C(C)C)NC(C)C. The largest absolute Gasteiger partial charge is 0.543 e. The Morgan fingerprint density at radius 3 is 2.18 bits per heavy atom. The van der Waals surface area contributed by atoms with E-state index in [0.29, 0.717) is 12.1 Å². The zero-order valence-electron chi connectivity index (χ0n) is 8.01. The molecule has 0 fully saturated rings. The van der Waals surface area contributed by atoms with Crippen molar-refractivity contribution in [3.8, 4) is 0 Å². The van der Waals surface area contributed by atoms with Crippen molar-refractivity contribution in [2.45, 2.75) is 39.8 Å². The van der Waals surface area contributed by atoms with E-state index < -0.39 is 0 Å². The summed E-state index contributed by atoms with van der Waals surface area (Å²) in [7, 11) is 1.62. The monoisotopic (exact) mass is 156 g/mol. The number of amidine groups is 1. The molecule has 0 radical (unpaired) electrons. The van der Waals surface area contributed by atoms with Gasteiger partial charge in [0.15, 0.2) is 0 Å². The van der Waals surface area contributed by atoms with Crippen LogP contribution >= 0.6 is 0 Å². The van der Waals surface area contributed by atoms with Crippen molar-refractivity contribution in [3.63, 3.8) is 0 Å². The summed E-state index contributed by atoms with van der Waals surface area (Å²) >= 11 is 0. The molecule has 0 aliphatic rings. The van der Waals surface area contributed by atoms with E-state index in [1.165, 1.54) is 0 Å². The fourth-order valence-corrected chi connectivity index (χ4v) is 0.630. The molecule has 0 bridgehead atoms.